The topological polar surface area (TPSA) is 38.3 Å². The van der Waals surface area contributed by atoms with E-state index in [1.807, 2.05) is 6.92 Å². The Balaban J connectivity index is 2.60. The number of benzene rings is 1. The third kappa shape index (κ3) is 4.93. The van der Waals surface area contributed by atoms with E-state index in [4.69, 9.17) is 4.74 Å². The van der Waals surface area contributed by atoms with Gasteiger partial charge in [-0.25, -0.2) is 0 Å². The second kappa shape index (κ2) is 7.82. The highest BCUT2D eigenvalue weighted by atomic mass is 16.5. The summed E-state index contributed by atoms with van der Waals surface area (Å²) in [4.78, 5) is 11.4. The van der Waals surface area contributed by atoms with Gasteiger partial charge in [0.25, 0.3) is 0 Å². The van der Waals surface area contributed by atoms with Crippen LogP contribution in [0.5, 0.6) is 5.75 Å². The van der Waals surface area contributed by atoms with Gasteiger partial charge in [-0.2, -0.15) is 0 Å². The number of hydrogen-bond donors (Lipinski definition) is 1. The van der Waals surface area contributed by atoms with Gasteiger partial charge in [-0.05, 0) is 36.0 Å². The Bertz CT molecular complexity index is 413. The van der Waals surface area contributed by atoms with E-state index in [1.165, 1.54) is 5.56 Å². The van der Waals surface area contributed by atoms with Crippen LogP contribution in [0.15, 0.2) is 18.2 Å². The maximum Gasteiger partial charge on any atom is 0.219 e. The first kappa shape index (κ1) is 15.5. The molecule has 0 fully saturated rings. The number of rotatable bonds is 7. The van der Waals surface area contributed by atoms with E-state index in [0.29, 0.717) is 18.9 Å². The summed E-state index contributed by atoms with van der Waals surface area (Å²) in [5.41, 5.74) is 2.42. The molecule has 1 aromatic carbocycles. The molecule has 106 valence electrons. The van der Waals surface area contributed by atoms with Crippen molar-refractivity contribution in [2.75, 3.05) is 13.7 Å². The Hall–Kier alpha value is -1.51. The van der Waals surface area contributed by atoms with Crippen LogP contribution in [0.2, 0.25) is 0 Å². The summed E-state index contributed by atoms with van der Waals surface area (Å²) in [6.07, 6.45) is 2.29. The molecular weight excluding hydrogens is 238 g/mol. The Morgan fingerprint density at radius 1 is 1.37 bits per heavy atom. The maximum atomic E-state index is 11.4. The Labute approximate surface area is 116 Å². The van der Waals surface area contributed by atoms with Crippen LogP contribution in [0.3, 0.4) is 0 Å². The molecule has 0 radical (unpaired) electrons. The molecule has 19 heavy (non-hydrogen) atoms. The molecule has 1 N–H and O–H groups in total. The van der Waals surface area contributed by atoms with Crippen LogP contribution in [0.1, 0.15) is 50.7 Å². The van der Waals surface area contributed by atoms with Gasteiger partial charge in [0, 0.05) is 13.0 Å². The Morgan fingerprint density at radius 2 is 2.11 bits per heavy atom. The van der Waals surface area contributed by atoms with E-state index in [-0.39, 0.29) is 5.91 Å². The predicted molar refractivity (Wildman–Crippen MR) is 78.7 cm³/mol. The minimum absolute atomic E-state index is 0.125. The number of nitrogens with one attached hydrogen (secondary N) is 1. The van der Waals surface area contributed by atoms with Crippen LogP contribution in [-0.4, -0.2) is 19.6 Å². The van der Waals surface area contributed by atoms with Gasteiger partial charge in [-0.15, -0.1) is 0 Å². The number of amides is 1. The summed E-state index contributed by atoms with van der Waals surface area (Å²) in [5, 5.41) is 2.93. The highest BCUT2D eigenvalue weighted by Crippen LogP contribution is 2.24. The van der Waals surface area contributed by atoms with Crippen LogP contribution >= 0.6 is 0 Å². The minimum atomic E-state index is 0.125. The van der Waals surface area contributed by atoms with Crippen molar-refractivity contribution in [3.8, 4) is 5.75 Å². The van der Waals surface area contributed by atoms with Crippen LogP contribution in [-0.2, 0) is 11.2 Å². The van der Waals surface area contributed by atoms with Gasteiger partial charge in [-0.1, -0.05) is 32.9 Å². The average Bonchev–Trinajstić information content (AvgIpc) is 2.39. The lowest BCUT2D eigenvalue weighted by Crippen LogP contribution is -2.25. The number of carbonyl (C=O) groups excluding carboxylic acids is 1. The van der Waals surface area contributed by atoms with Crippen molar-refractivity contribution in [1.82, 2.24) is 5.32 Å². The zero-order valence-electron chi connectivity index (χ0n) is 12.5. The molecule has 0 saturated heterocycles. The highest BCUT2D eigenvalue weighted by Gasteiger charge is 2.07. The standard InChI is InChI=1S/C16H25NO2/c1-5-6-16(18)17-10-9-13-7-8-14(12(2)3)11-15(13)19-4/h7-8,11-12H,5-6,9-10H2,1-4H3,(H,17,18). The predicted octanol–water partition coefficient (Wildman–Crippen LogP) is 3.28. The SMILES string of the molecule is CCCC(=O)NCCc1ccc(C(C)C)cc1OC. The van der Waals surface area contributed by atoms with Crippen molar-refractivity contribution < 1.29 is 9.53 Å². The zero-order valence-corrected chi connectivity index (χ0v) is 12.5. The van der Waals surface area contributed by atoms with Crippen LogP contribution in [0.25, 0.3) is 0 Å². The molecule has 0 spiro atoms. The summed E-state index contributed by atoms with van der Waals surface area (Å²) in [6.45, 7) is 7.00. The summed E-state index contributed by atoms with van der Waals surface area (Å²) in [6, 6.07) is 6.32. The molecule has 0 atom stereocenters. The fourth-order valence-corrected chi connectivity index (χ4v) is 1.98. The van der Waals surface area contributed by atoms with Crippen molar-refractivity contribution >= 4 is 5.91 Å². The van der Waals surface area contributed by atoms with E-state index < -0.39 is 0 Å². The molecule has 0 saturated carbocycles. The summed E-state index contributed by atoms with van der Waals surface area (Å²) >= 11 is 0. The van der Waals surface area contributed by atoms with Crippen molar-refractivity contribution in [3.63, 3.8) is 0 Å². The van der Waals surface area contributed by atoms with Crippen molar-refractivity contribution in [1.29, 1.82) is 0 Å². The molecular formula is C16H25NO2. The van der Waals surface area contributed by atoms with Crippen molar-refractivity contribution in [2.45, 2.75) is 46.0 Å². The van der Waals surface area contributed by atoms with E-state index >= 15 is 0 Å². The van der Waals surface area contributed by atoms with Gasteiger partial charge < -0.3 is 10.1 Å². The third-order valence-electron chi connectivity index (χ3n) is 3.17. The van der Waals surface area contributed by atoms with E-state index in [0.717, 1.165) is 24.2 Å². The maximum absolute atomic E-state index is 11.4. The lowest BCUT2D eigenvalue weighted by Gasteiger charge is -2.13. The van der Waals surface area contributed by atoms with E-state index in [1.54, 1.807) is 7.11 Å². The molecule has 1 rings (SSSR count). The van der Waals surface area contributed by atoms with Gasteiger partial charge in [0.1, 0.15) is 5.75 Å². The second-order valence-electron chi connectivity index (χ2n) is 5.08. The Kier molecular flexibility index (Phi) is 6.40. The van der Waals surface area contributed by atoms with Crippen LogP contribution in [0, 0.1) is 0 Å². The van der Waals surface area contributed by atoms with Gasteiger partial charge in [-0.3, -0.25) is 4.79 Å². The lowest BCUT2D eigenvalue weighted by molar-refractivity contribution is -0.121. The summed E-state index contributed by atoms with van der Waals surface area (Å²) in [5.74, 6) is 1.53. The molecule has 1 amide bonds. The fourth-order valence-electron chi connectivity index (χ4n) is 1.98. The molecule has 0 aromatic heterocycles. The summed E-state index contributed by atoms with van der Waals surface area (Å²) in [7, 11) is 1.69. The van der Waals surface area contributed by atoms with Gasteiger partial charge in [0.05, 0.1) is 7.11 Å². The van der Waals surface area contributed by atoms with Crippen LogP contribution in [0.4, 0.5) is 0 Å². The molecule has 0 aliphatic rings. The van der Waals surface area contributed by atoms with Gasteiger partial charge >= 0.3 is 0 Å². The monoisotopic (exact) mass is 263 g/mol. The first-order valence-electron chi connectivity index (χ1n) is 7.02. The van der Waals surface area contributed by atoms with Crippen molar-refractivity contribution in [2.24, 2.45) is 0 Å². The highest BCUT2D eigenvalue weighted by molar-refractivity contribution is 5.75. The smallest absolute Gasteiger partial charge is 0.219 e. The normalized spacial score (nSPS) is 10.6. The minimum Gasteiger partial charge on any atom is -0.496 e. The third-order valence-corrected chi connectivity index (χ3v) is 3.17. The second-order valence-corrected chi connectivity index (χ2v) is 5.08. The molecule has 0 aliphatic heterocycles. The number of carbonyl (C=O) groups is 1. The lowest BCUT2D eigenvalue weighted by atomic mass is 10.00. The Morgan fingerprint density at radius 3 is 2.68 bits per heavy atom. The first-order valence-corrected chi connectivity index (χ1v) is 7.02. The summed E-state index contributed by atoms with van der Waals surface area (Å²) < 4.78 is 5.43. The number of ether oxygens (including phenoxy) is 1. The van der Waals surface area contributed by atoms with Crippen LogP contribution < -0.4 is 10.1 Å². The van der Waals surface area contributed by atoms with Gasteiger partial charge in [0.15, 0.2) is 0 Å². The van der Waals surface area contributed by atoms with E-state index in [9.17, 15) is 4.79 Å². The molecule has 3 heteroatoms. The van der Waals surface area contributed by atoms with Gasteiger partial charge in [0.2, 0.25) is 5.91 Å². The molecule has 0 bridgehead atoms. The van der Waals surface area contributed by atoms with Crippen molar-refractivity contribution in [3.05, 3.63) is 29.3 Å². The number of hydrogen-bond acceptors (Lipinski definition) is 2. The zero-order chi connectivity index (χ0) is 14.3. The van der Waals surface area contributed by atoms with E-state index in [2.05, 4.69) is 37.4 Å². The molecule has 3 nitrogen and oxygen atoms in total. The quantitative estimate of drug-likeness (QED) is 0.820. The molecule has 1 aromatic rings. The largest absolute Gasteiger partial charge is 0.496 e. The molecule has 0 unspecified atom stereocenters. The fraction of sp³-hybridized carbons (Fsp3) is 0.562. The molecule has 0 aliphatic carbocycles. The first-order chi connectivity index (χ1) is 9.08. The number of methoxy groups -OCH3 is 1. The molecule has 0 heterocycles. The average molecular weight is 263 g/mol.